The fourth-order valence-electron chi connectivity index (χ4n) is 2.15. The molecule has 1 N–H and O–H groups in total. The minimum atomic E-state index is -3.28. The van der Waals surface area contributed by atoms with E-state index in [1.165, 1.54) is 0 Å². The Kier molecular flexibility index (Phi) is 5.17. The lowest BCUT2D eigenvalue weighted by Gasteiger charge is -2.29. The molecule has 5 nitrogen and oxygen atoms in total. The molecular formula is C10H22N2O3S. The highest BCUT2D eigenvalue weighted by atomic mass is 32.2. The van der Waals surface area contributed by atoms with Gasteiger partial charge in [0.15, 0.2) is 0 Å². The molecule has 0 aromatic carbocycles. The molecule has 1 fully saturated rings. The van der Waals surface area contributed by atoms with E-state index in [4.69, 9.17) is 5.11 Å². The third-order valence-electron chi connectivity index (χ3n) is 3.03. The molecule has 0 aromatic rings. The molecule has 0 aromatic heterocycles. The van der Waals surface area contributed by atoms with Gasteiger partial charge in [0.05, 0.1) is 12.4 Å². The van der Waals surface area contributed by atoms with Crippen LogP contribution in [0.15, 0.2) is 0 Å². The summed E-state index contributed by atoms with van der Waals surface area (Å²) in [4.78, 5) is 2.17. The van der Waals surface area contributed by atoms with Gasteiger partial charge in [-0.3, -0.25) is 0 Å². The maximum Gasteiger partial charge on any atom is 0.216 e. The summed E-state index contributed by atoms with van der Waals surface area (Å²) >= 11 is 0. The molecule has 0 amide bonds. The largest absolute Gasteiger partial charge is 0.395 e. The first-order valence-electron chi connectivity index (χ1n) is 5.80. The van der Waals surface area contributed by atoms with Gasteiger partial charge in [0, 0.05) is 19.1 Å². The van der Waals surface area contributed by atoms with Gasteiger partial charge in [-0.05, 0) is 26.4 Å². The first kappa shape index (κ1) is 13.9. The Morgan fingerprint density at radius 2 is 2.06 bits per heavy atom. The van der Waals surface area contributed by atoms with E-state index in [2.05, 4.69) is 4.90 Å². The van der Waals surface area contributed by atoms with Crippen LogP contribution in [0.2, 0.25) is 0 Å². The predicted octanol–water partition coefficient (Wildman–Crippen LogP) is -0.275. The zero-order valence-electron chi connectivity index (χ0n) is 10.1. The Morgan fingerprint density at radius 1 is 1.38 bits per heavy atom. The summed E-state index contributed by atoms with van der Waals surface area (Å²) in [7, 11) is -1.27. The van der Waals surface area contributed by atoms with Gasteiger partial charge in [0.2, 0.25) is 10.0 Å². The summed E-state index contributed by atoms with van der Waals surface area (Å²) in [5, 5.41) is 8.80. The molecule has 1 atom stereocenters. The number of likely N-dealkylation sites (N-methyl/N-ethyl adjacent to an activating group) is 1. The Bertz CT molecular complexity index is 305. The van der Waals surface area contributed by atoms with Crippen molar-refractivity contribution in [1.82, 2.24) is 9.21 Å². The number of aliphatic hydroxyl groups excluding tert-OH is 1. The van der Waals surface area contributed by atoms with Crippen molar-refractivity contribution in [3.63, 3.8) is 0 Å². The maximum absolute atomic E-state index is 12.0. The molecular weight excluding hydrogens is 228 g/mol. The Morgan fingerprint density at radius 3 is 2.62 bits per heavy atom. The molecule has 0 aliphatic carbocycles. The standard InChI is InChI=1S/C10H22N2O3S/c1-3-10-9-11(2)5-4-6-12(10)16(14,15)8-7-13/h10,13H,3-9H2,1-2H3. The van der Waals surface area contributed by atoms with Crippen LogP contribution in [0.3, 0.4) is 0 Å². The van der Waals surface area contributed by atoms with Crippen LogP contribution in [0, 0.1) is 0 Å². The summed E-state index contributed by atoms with van der Waals surface area (Å²) in [5.41, 5.74) is 0. The monoisotopic (exact) mass is 250 g/mol. The minimum Gasteiger partial charge on any atom is -0.395 e. The molecule has 0 radical (unpaired) electrons. The molecule has 1 aliphatic heterocycles. The average molecular weight is 250 g/mol. The number of sulfonamides is 1. The van der Waals surface area contributed by atoms with E-state index >= 15 is 0 Å². The third kappa shape index (κ3) is 3.41. The highest BCUT2D eigenvalue weighted by Crippen LogP contribution is 2.16. The van der Waals surface area contributed by atoms with Crippen molar-refractivity contribution >= 4 is 10.0 Å². The van der Waals surface area contributed by atoms with Crippen molar-refractivity contribution in [2.75, 3.05) is 39.0 Å². The SMILES string of the molecule is CCC1CN(C)CCCN1S(=O)(=O)CCO. The molecule has 0 bridgehead atoms. The first-order valence-corrected chi connectivity index (χ1v) is 7.41. The molecule has 1 heterocycles. The van der Waals surface area contributed by atoms with Gasteiger partial charge in [-0.2, -0.15) is 4.31 Å². The third-order valence-corrected chi connectivity index (χ3v) is 4.92. The van der Waals surface area contributed by atoms with Gasteiger partial charge in [0.1, 0.15) is 0 Å². The fourth-order valence-corrected chi connectivity index (χ4v) is 3.70. The normalized spacial score (nSPS) is 25.6. The van der Waals surface area contributed by atoms with Crippen LogP contribution >= 0.6 is 0 Å². The summed E-state index contributed by atoms with van der Waals surface area (Å²) in [5.74, 6) is -0.160. The van der Waals surface area contributed by atoms with Crippen LogP contribution in [0.1, 0.15) is 19.8 Å². The lowest BCUT2D eigenvalue weighted by molar-refractivity contribution is 0.266. The van der Waals surface area contributed by atoms with Gasteiger partial charge in [-0.15, -0.1) is 0 Å². The summed E-state index contributed by atoms with van der Waals surface area (Å²) in [6, 6.07) is 0.0454. The van der Waals surface area contributed by atoms with E-state index in [0.717, 1.165) is 25.9 Å². The molecule has 1 aliphatic rings. The molecule has 6 heteroatoms. The second-order valence-corrected chi connectivity index (χ2v) is 6.37. The number of rotatable bonds is 4. The van der Waals surface area contributed by atoms with E-state index < -0.39 is 10.0 Å². The van der Waals surface area contributed by atoms with Crippen LogP contribution in [0.25, 0.3) is 0 Å². The first-order chi connectivity index (χ1) is 7.51. The van der Waals surface area contributed by atoms with Crippen molar-refractivity contribution < 1.29 is 13.5 Å². The van der Waals surface area contributed by atoms with E-state index in [1.54, 1.807) is 4.31 Å². The smallest absolute Gasteiger partial charge is 0.216 e. The van der Waals surface area contributed by atoms with E-state index in [9.17, 15) is 8.42 Å². The van der Waals surface area contributed by atoms with Gasteiger partial charge in [0.25, 0.3) is 0 Å². The highest BCUT2D eigenvalue weighted by molar-refractivity contribution is 7.89. The summed E-state index contributed by atoms with van der Waals surface area (Å²) in [6.07, 6.45) is 1.67. The van der Waals surface area contributed by atoms with Gasteiger partial charge < -0.3 is 10.0 Å². The molecule has 0 spiro atoms. The van der Waals surface area contributed by atoms with Crippen LogP contribution in [-0.4, -0.2) is 67.8 Å². The second kappa shape index (κ2) is 5.95. The van der Waals surface area contributed by atoms with Crippen molar-refractivity contribution in [3.05, 3.63) is 0 Å². The van der Waals surface area contributed by atoms with Crippen LogP contribution in [-0.2, 0) is 10.0 Å². The zero-order valence-corrected chi connectivity index (χ0v) is 10.9. The molecule has 0 saturated carbocycles. The van der Waals surface area contributed by atoms with Gasteiger partial charge in [-0.1, -0.05) is 6.92 Å². The van der Waals surface area contributed by atoms with E-state index in [-0.39, 0.29) is 18.4 Å². The van der Waals surface area contributed by atoms with Crippen LogP contribution < -0.4 is 0 Å². The number of hydrogen-bond donors (Lipinski definition) is 1. The molecule has 96 valence electrons. The quantitative estimate of drug-likeness (QED) is 0.746. The van der Waals surface area contributed by atoms with Gasteiger partial charge >= 0.3 is 0 Å². The van der Waals surface area contributed by atoms with Crippen molar-refractivity contribution in [1.29, 1.82) is 0 Å². The lowest BCUT2D eigenvalue weighted by atomic mass is 10.2. The van der Waals surface area contributed by atoms with Crippen molar-refractivity contribution in [2.24, 2.45) is 0 Å². The molecule has 1 rings (SSSR count). The van der Waals surface area contributed by atoms with Crippen molar-refractivity contribution in [3.8, 4) is 0 Å². The Labute approximate surface area is 98.1 Å². The lowest BCUT2D eigenvalue weighted by Crippen LogP contribution is -2.44. The van der Waals surface area contributed by atoms with Crippen LogP contribution in [0.5, 0.6) is 0 Å². The predicted molar refractivity (Wildman–Crippen MR) is 63.8 cm³/mol. The Hall–Kier alpha value is -0.170. The highest BCUT2D eigenvalue weighted by Gasteiger charge is 2.30. The number of nitrogens with zero attached hydrogens (tertiary/aromatic N) is 2. The van der Waals surface area contributed by atoms with Crippen LogP contribution in [0.4, 0.5) is 0 Å². The number of aliphatic hydroxyl groups is 1. The second-order valence-electron chi connectivity index (χ2n) is 4.33. The summed E-state index contributed by atoms with van der Waals surface area (Å²) in [6.45, 7) is 3.99. The molecule has 1 saturated heterocycles. The van der Waals surface area contributed by atoms with Crippen molar-refractivity contribution in [2.45, 2.75) is 25.8 Å². The number of hydrogen-bond acceptors (Lipinski definition) is 4. The maximum atomic E-state index is 12.0. The Balaban J connectivity index is 2.83. The fraction of sp³-hybridized carbons (Fsp3) is 1.00. The average Bonchev–Trinajstić information content (AvgIpc) is 2.39. The summed E-state index contributed by atoms with van der Waals surface area (Å²) < 4.78 is 25.5. The molecule has 1 unspecified atom stereocenters. The molecule has 16 heavy (non-hydrogen) atoms. The van der Waals surface area contributed by atoms with E-state index in [0.29, 0.717) is 6.54 Å². The topological polar surface area (TPSA) is 60.9 Å². The minimum absolute atomic E-state index is 0.0454. The van der Waals surface area contributed by atoms with Gasteiger partial charge in [-0.25, -0.2) is 8.42 Å². The zero-order chi connectivity index (χ0) is 12.2. The van der Waals surface area contributed by atoms with E-state index in [1.807, 2.05) is 14.0 Å².